The molecule has 0 aliphatic carbocycles. The topological polar surface area (TPSA) is 93.1 Å². The highest BCUT2D eigenvalue weighted by molar-refractivity contribution is 6.75. The molecule has 8 nitrogen and oxygen atoms in total. The van der Waals surface area contributed by atoms with Gasteiger partial charge in [-0.15, -0.1) is 0 Å². The van der Waals surface area contributed by atoms with E-state index in [2.05, 4.69) is 122 Å². The molecule has 11 heteroatoms. The van der Waals surface area contributed by atoms with Gasteiger partial charge in [-0.3, -0.25) is 14.2 Å². The van der Waals surface area contributed by atoms with E-state index in [1.54, 1.807) is 17.7 Å². The van der Waals surface area contributed by atoms with E-state index in [0.717, 1.165) is 5.69 Å². The Morgan fingerprint density at radius 1 is 0.673 bits per heavy atom. The van der Waals surface area contributed by atoms with Crippen molar-refractivity contribution in [3.05, 3.63) is 24.0 Å². The van der Waals surface area contributed by atoms with Crippen LogP contribution in [0.3, 0.4) is 0 Å². The van der Waals surface area contributed by atoms with Crippen molar-refractivity contribution in [2.75, 3.05) is 0 Å². The number of hydrogen-bond donors (Lipinski definition) is 0. The van der Waals surface area contributed by atoms with Crippen LogP contribution in [-0.4, -0.2) is 65.0 Å². The second kappa shape index (κ2) is 19.1. The molecule has 0 amide bonds. The largest absolute Gasteiger partial charge is 0.443 e. The van der Waals surface area contributed by atoms with Crippen molar-refractivity contribution < 1.29 is 32.4 Å². The molecule has 0 bridgehead atoms. The van der Waals surface area contributed by atoms with E-state index >= 15 is 0 Å². The van der Waals surface area contributed by atoms with Crippen LogP contribution in [0.25, 0.3) is 0 Å². The van der Waals surface area contributed by atoms with Crippen molar-refractivity contribution >= 4 is 42.6 Å². The zero-order valence-electron chi connectivity index (χ0n) is 39.5. The van der Waals surface area contributed by atoms with Crippen LogP contribution in [0.15, 0.2) is 18.3 Å². The molecule has 320 valence electrons. The van der Waals surface area contributed by atoms with Gasteiger partial charge < -0.3 is 18.0 Å². The number of ketones is 2. The average Bonchev–Trinajstić information content (AvgIpc) is 3.46. The Labute approximate surface area is 341 Å². The third kappa shape index (κ3) is 15.4. The van der Waals surface area contributed by atoms with Gasteiger partial charge in [0, 0.05) is 31.4 Å². The van der Waals surface area contributed by atoms with Crippen molar-refractivity contribution in [3.63, 3.8) is 0 Å². The van der Waals surface area contributed by atoms with Gasteiger partial charge in [-0.05, 0) is 119 Å². The lowest BCUT2D eigenvalue weighted by Gasteiger charge is -2.46. The van der Waals surface area contributed by atoms with E-state index in [9.17, 15) is 14.4 Å². The fourth-order valence-electron chi connectivity index (χ4n) is 5.92. The molecule has 0 N–H and O–H groups in total. The minimum Gasteiger partial charge on any atom is -0.443 e. The first-order valence-electron chi connectivity index (χ1n) is 20.9. The highest BCUT2D eigenvalue weighted by atomic mass is 28.4. The molecule has 0 saturated heterocycles. The molecule has 0 aliphatic heterocycles. The van der Waals surface area contributed by atoms with Crippen LogP contribution in [0, 0.1) is 17.8 Å². The summed E-state index contributed by atoms with van der Waals surface area (Å²) >= 11 is 0. The van der Waals surface area contributed by atoms with Crippen LogP contribution in [-0.2, 0) is 27.6 Å². The molecule has 55 heavy (non-hydrogen) atoms. The summed E-state index contributed by atoms with van der Waals surface area (Å²) in [7, 11) is -6.76. The molecule has 6 atom stereocenters. The predicted molar refractivity (Wildman–Crippen MR) is 237 cm³/mol. The molecule has 0 saturated carbocycles. The standard InChI is InChI=1S/C44H85NO7Si3/c1-31(37(30-33(3)46)50-53(17,18)42(8,9)10)25-27-35(47)28-26-32(2)38(51-54(19,20)43(11,12)13)34(4)39(52-55(21,22)44(14,15)16)36-24-23-29-45(36)40(48)49-41(5,6)7/h23-24,29,31-32,34,37-39H,25-28,30H2,1-22H3/t31-,32-,34+,37-,38+,39-/m0/s1. The Morgan fingerprint density at radius 3 is 1.55 bits per heavy atom. The molecule has 0 aromatic carbocycles. The zero-order chi connectivity index (χ0) is 43.3. The van der Waals surface area contributed by atoms with Crippen LogP contribution in [0.4, 0.5) is 4.79 Å². The summed E-state index contributed by atoms with van der Waals surface area (Å²) in [6.45, 7) is 47.4. The number of Topliss-reactive ketones (excluding diaryl/α,β-unsaturated/α-hetero) is 2. The van der Waals surface area contributed by atoms with Crippen molar-refractivity contribution in [2.24, 2.45) is 17.8 Å². The highest BCUT2D eigenvalue weighted by Gasteiger charge is 2.47. The smallest absolute Gasteiger partial charge is 0.418 e. The second-order valence-electron chi connectivity index (χ2n) is 22.2. The molecular formula is C44H85NO7Si3. The molecule has 0 fully saturated rings. The molecule has 0 aliphatic rings. The first kappa shape index (κ1) is 51.6. The predicted octanol–water partition coefficient (Wildman–Crippen LogP) is 13.1. The van der Waals surface area contributed by atoms with Gasteiger partial charge in [0.2, 0.25) is 0 Å². The van der Waals surface area contributed by atoms with E-state index in [0.29, 0.717) is 32.1 Å². The van der Waals surface area contributed by atoms with E-state index in [-0.39, 0.29) is 56.6 Å². The fourth-order valence-corrected chi connectivity index (χ4v) is 10.1. The van der Waals surface area contributed by atoms with Crippen LogP contribution in [0.5, 0.6) is 0 Å². The molecule has 1 aromatic rings. The van der Waals surface area contributed by atoms with Gasteiger partial charge in [-0.2, -0.15) is 0 Å². The summed E-state index contributed by atoms with van der Waals surface area (Å²) in [4.78, 5) is 39.5. The summed E-state index contributed by atoms with van der Waals surface area (Å²) in [5.41, 5.74) is 0.103. The number of aromatic nitrogens is 1. The first-order valence-corrected chi connectivity index (χ1v) is 29.6. The Kier molecular flexibility index (Phi) is 18.0. The van der Waals surface area contributed by atoms with Gasteiger partial charge in [-0.1, -0.05) is 83.1 Å². The molecule has 0 unspecified atom stereocenters. The Morgan fingerprint density at radius 2 is 1.11 bits per heavy atom. The maximum Gasteiger partial charge on any atom is 0.418 e. The number of ether oxygens (including phenoxy) is 1. The van der Waals surface area contributed by atoms with Gasteiger partial charge in [0.05, 0.1) is 24.0 Å². The fraction of sp³-hybridized carbons (Fsp3) is 0.841. The number of carbonyl (C=O) groups is 3. The van der Waals surface area contributed by atoms with E-state index in [4.69, 9.17) is 18.0 Å². The quantitative estimate of drug-likeness (QED) is 0.128. The minimum atomic E-state index is -2.36. The van der Waals surface area contributed by atoms with Crippen LogP contribution in [0.1, 0.15) is 155 Å². The lowest BCUT2D eigenvalue weighted by atomic mass is 9.85. The average molecular weight is 824 g/mol. The monoisotopic (exact) mass is 824 g/mol. The van der Waals surface area contributed by atoms with Crippen LogP contribution >= 0.6 is 0 Å². The Hall–Kier alpha value is -1.38. The van der Waals surface area contributed by atoms with Gasteiger partial charge in [-0.25, -0.2) is 4.79 Å². The van der Waals surface area contributed by atoms with Crippen molar-refractivity contribution in [1.29, 1.82) is 0 Å². The lowest BCUT2D eigenvalue weighted by Crippen LogP contribution is -2.50. The molecule has 0 radical (unpaired) electrons. The summed E-state index contributed by atoms with van der Waals surface area (Å²) in [6, 6.07) is 3.87. The number of hydrogen-bond acceptors (Lipinski definition) is 7. The third-order valence-corrected chi connectivity index (χ3v) is 26.2. The Bertz CT molecular complexity index is 1410. The van der Waals surface area contributed by atoms with E-state index in [1.165, 1.54) is 0 Å². The second-order valence-corrected chi connectivity index (χ2v) is 36.4. The Balaban J connectivity index is 3.51. The van der Waals surface area contributed by atoms with Gasteiger partial charge in [0.15, 0.2) is 25.0 Å². The maximum atomic E-state index is 13.6. The van der Waals surface area contributed by atoms with Gasteiger partial charge >= 0.3 is 6.09 Å². The number of rotatable bonds is 19. The third-order valence-electron chi connectivity index (χ3n) is 12.8. The summed E-state index contributed by atoms with van der Waals surface area (Å²) in [5.74, 6) is 0.312. The highest BCUT2D eigenvalue weighted by Crippen LogP contribution is 2.46. The summed E-state index contributed by atoms with van der Waals surface area (Å²) in [6.07, 6.45) is 3.09. The number of nitrogens with zero attached hydrogens (tertiary/aromatic N) is 1. The lowest BCUT2D eigenvalue weighted by molar-refractivity contribution is -0.120. The zero-order valence-corrected chi connectivity index (χ0v) is 42.5. The normalized spacial score (nSPS) is 17.3. The van der Waals surface area contributed by atoms with Crippen LogP contribution in [0.2, 0.25) is 54.4 Å². The van der Waals surface area contributed by atoms with E-state index in [1.807, 2.05) is 32.9 Å². The molecular weight excluding hydrogens is 739 g/mol. The minimum absolute atomic E-state index is 0.0292. The first-order chi connectivity index (χ1) is 24.4. The van der Waals surface area contributed by atoms with Crippen molar-refractivity contribution in [2.45, 2.75) is 221 Å². The van der Waals surface area contributed by atoms with Gasteiger partial charge in [0.25, 0.3) is 0 Å². The van der Waals surface area contributed by atoms with Crippen LogP contribution < -0.4 is 0 Å². The molecule has 1 rings (SSSR count). The number of carbonyl (C=O) groups excluding carboxylic acids is 3. The maximum absolute atomic E-state index is 13.6. The molecule has 0 spiro atoms. The van der Waals surface area contributed by atoms with Gasteiger partial charge in [0.1, 0.15) is 17.2 Å². The van der Waals surface area contributed by atoms with Crippen molar-refractivity contribution in [3.8, 4) is 0 Å². The summed E-state index contributed by atoms with van der Waals surface area (Å²) < 4.78 is 28.9. The van der Waals surface area contributed by atoms with E-state index < -0.39 is 42.8 Å². The summed E-state index contributed by atoms with van der Waals surface area (Å²) in [5, 5.41) is -0.0775. The molecule has 1 heterocycles. The SMILES string of the molecule is CC(=O)C[C@H](O[Si](C)(C)C(C)(C)C)[C@@H](C)CCC(=O)CC[C@H](C)[C@@H](O[Si](C)(C)C(C)(C)C)[C@@H](C)[C@H](O[Si](C)(C)C(C)(C)C)c1cccn1C(=O)OC(C)(C)C. The molecule has 1 aromatic heterocycles. The van der Waals surface area contributed by atoms with Crippen molar-refractivity contribution in [1.82, 2.24) is 4.57 Å².